The summed E-state index contributed by atoms with van der Waals surface area (Å²) in [7, 11) is 0. The van der Waals surface area contributed by atoms with Gasteiger partial charge in [-0.1, -0.05) is 17.7 Å². The first-order chi connectivity index (χ1) is 14.1. The van der Waals surface area contributed by atoms with Crippen LogP contribution >= 0.6 is 11.6 Å². The number of hydrogen-bond donors (Lipinski definition) is 1. The lowest BCUT2D eigenvalue weighted by atomic mass is 10.2. The molecule has 9 heteroatoms. The number of halogens is 4. The zero-order valence-electron chi connectivity index (χ0n) is 16.8. The number of anilines is 2. The van der Waals surface area contributed by atoms with Crippen molar-refractivity contribution in [3.05, 3.63) is 52.7 Å². The highest BCUT2D eigenvalue weighted by Gasteiger charge is 2.31. The molecule has 5 nitrogen and oxygen atoms in total. The van der Waals surface area contributed by atoms with Crippen molar-refractivity contribution in [2.75, 3.05) is 36.4 Å². The van der Waals surface area contributed by atoms with E-state index in [9.17, 15) is 18.0 Å². The number of hydrogen-bond acceptors (Lipinski definition) is 4. The number of nitrogens with zero attached hydrogens (tertiary/aromatic N) is 3. The summed E-state index contributed by atoms with van der Waals surface area (Å²) < 4.78 is 38.2. The van der Waals surface area contributed by atoms with Crippen molar-refractivity contribution in [3.8, 4) is 0 Å². The van der Waals surface area contributed by atoms with Crippen LogP contribution in [-0.4, -0.2) is 48.0 Å². The summed E-state index contributed by atoms with van der Waals surface area (Å²) in [5, 5.41) is 3.49. The summed E-state index contributed by atoms with van der Waals surface area (Å²) in [4.78, 5) is 20.7. The van der Waals surface area contributed by atoms with Gasteiger partial charge in [-0.05, 0) is 50.1 Å². The molecule has 0 aliphatic carbocycles. The molecule has 0 bridgehead atoms. The van der Waals surface area contributed by atoms with Gasteiger partial charge in [0.25, 0.3) is 0 Å². The molecule has 30 heavy (non-hydrogen) atoms. The second kappa shape index (κ2) is 9.22. The zero-order chi connectivity index (χ0) is 21.9. The molecule has 1 aliphatic heterocycles. The van der Waals surface area contributed by atoms with Crippen LogP contribution in [0.5, 0.6) is 0 Å². The molecule has 3 rings (SSSR count). The Kier molecular flexibility index (Phi) is 6.88. The highest BCUT2D eigenvalue weighted by atomic mass is 35.5. The largest absolute Gasteiger partial charge is 0.417 e. The van der Waals surface area contributed by atoms with Gasteiger partial charge in [0.1, 0.15) is 5.82 Å². The maximum Gasteiger partial charge on any atom is 0.417 e. The lowest BCUT2D eigenvalue weighted by molar-refractivity contribution is -0.137. The van der Waals surface area contributed by atoms with Crippen LogP contribution < -0.4 is 10.2 Å². The Morgan fingerprint density at radius 2 is 1.93 bits per heavy atom. The van der Waals surface area contributed by atoms with E-state index in [1.54, 1.807) is 12.1 Å². The molecule has 1 saturated heterocycles. The number of aromatic nitrogens is 1. The van der Waals surface area contributed by atoms with E-state index < -0.39 is 11.7 Å². The van der Waals surface area contributed by atoms with Gasteiger partial charge >= 0.3 is 6.18 Å². The van der Waals surface area contributed by atoms with E-state index in [-0.39, 0.29) is 11.9 Å². The van der Waals surface area contributed by atoms with Crippen LogP contribution in [0.1, 0.15) is 24.5 Å². The Balaban J connectivity index is 1.61. The van der Waals surface area contributed by atoms with E-state index in [2.05, 4.69) is 15.2 Å². The number of amides is 1. The first-order valence-corrected chi connectivity index (χ1v) is 10.1. The van der Waals surface area contributed by atoms with Crippen molar-refractivity contribution in [1.29, 1.82) is 0 Å². The Labute approximate surface area is 178 Å². The third-order valence-electron chi connectivity index (χ3n) is 5.31. The molecule has 1 aromatic heterocycles. The van der Waals surface area contributed by atoms with E-state index in [0.29, 0.717) is 42.7 Å². The van der Waals surface area contributed by atoms with Crippen LogP contribution in [-0.2, 0) is 11.0 Å². The van der Waals surface area contributed by atoms with Crippen molar-refractivity contribution >= 4 is 29.0 Å². The van der Waals surface area contributed by atoms with Gasteiger partial charge in [0.05, 0.1) is 11.6 Å². The lowest BCUT2D eigenvalue weighted by Crippen LogP contribution is -2.44. The standard InChI is InChI=1S/C21H24ClF3N4O/c1-14-4-6-17(22)12-18(14)27-20(30)15(2)28-8-3-9-29(11-10-28)19-7-5-16(13-26-19)21(23,24)25/h4-7,12-13,15H,3,8-11H2,1-2H3,(H,27,30)/t15-/m1/s1. The maximum atomic E-state index is 12.7. The minimum absolute atomic E-state index is 0.124. The number of carbonyl (C=O) groups excluding carboxylic acids is 1. The van der Waals surface area contributed by atoms with Gasteiger partial charge in [0, 0.05) is 43.1 Å². The van der Waals surface area contributed by atoms with Crippen molar-refractivity contribution in [2.45, 2.75) is 32.5 Å². The molecule has 0 spiro atoms. The minimum atomic E-state index is -4.40. The van der Waals surface area contributed by atoms with Gasteiger partial charge in [-0.15, -0.1) is 0 Å². The Morgan fingerprint density at radius 1 is 1.17 bits per heavy atom. The van der Waals surface area contributed by atoms with Gasteiger partial charge in [-0.25, -0.2) is 4.98 Å². The predicted octanol–water partition coefficient (Wildman–Crippen LogP) is 4.60. The molecule has 0 radical (unpaired) electrons. The van der Waals surface area contributed by atoms with Gasteiger partial charge < -0.3 is 10.2 Å². The molecular formula is C21H24ClF3N4O. The average molecular weight is 441 g/mol. The summed E-state index contributed by atoms with van der Waals surface area (Å²) in [5.74, 6) is 0.387. The second-order valence-corrected chi connectivity index (χ2v) is 7.84. The van der Waals surface area contributed by atoms with Crippen LogP contribution in [0.15, 0.2) is 36.5 Å². The number of pyridine rings is 1. The molecule has 0 unspecified atom stereocenters. The van der Waals surface area contributed by atoms with Crippen LogP contribution in [0.2, 0.25) is 5.02 Å². The van der Waals surface area contributed by atoms with Gasteiger partial charge in [0.2, 0.25) is 5.91 Å². The fourth-order valence-electron chi connectivity index (χ4n) is 3.43. The molecule has 1 amide bonds. The Morgan fingerprint density at radius 3 is 2.60 bits per heavy atom. The van der Waals surface area contributed by atoms with Crippen LogP contribution in [0.25, 0.3) is 0 Å². The van der Waals surface area contributed by atoms with E-state index in [0.717, 1.165) is 24.2 Å². The van der Waals surface area contributed by atoms with E-state index in [1.165, 1.54) is 6.07 Å². The first kappa shape index (κ1) is 22.4. The fraction of sp³-hybridized carbons (Fsp3) is 0.429. The lowest BCUT2D eigenvalue weighted by Gasteiger charge is -2.27. The third-order valence-corrected chi connectivity index (χ3v) is 5.55. The third kappa shape index (κ3) is 5.43. The average Bonchev–Trinajstić information content (AvgIpc) is 2.96. The normalized spacial score (nSPS) is 16.8. The summed E-state index contributed by atoms with van der Waals surface area (Å²) in [6, 6.07) is 7.44. The molecule has 0 saturated carbocycles. The SMILES string of the molecule is Cc1ccc(Cl)cc1NC(=O)[C@@H](C)N1CCCN(c2ccc(C(F)(F)F)cn2)CC1. The number of rotatable bonds is 4. The highest BCUT2D eigenvalue weighted by molar-refractivity contribution is 6.31. The van der Waals surface area contributed by atoms with Crippen molar-refractivity contribution in [2.24, 2.45) is 0 Å². The van der Waals surface area contributed by atoms with Crippen LogP contribution in [0.3, 0.4) is 0 Å². The van der Waals surface area contributed by atoms with Gasteiger partial charge in [-0.2, -0.15) is 13.2 Å². The van der Waals surface area contributed by atoms with E-state index in [4.69, 9.17) is 11.6 Å². The topological polar surface area (TPSA) is 48.5 Å². The summed E-state index contributed by atoms with van der Waals surface area (Å²) in [5.41, 5.74) is 0.851. The monoisotopic (exact) mass is 440 g/mol. The second-order valence-electron chi connectivity index (χ2n) is 7.40. The van der Waals surface area contributed by atoms with E-state index >= 15 is 0 Å². The fourth-order valence-corrected chi connectivity index (χ4v) is 3.60. The molecular weight excluding hydrogens is 417 g/mol. The molecule has 1 aromatic carbocycles. The summed E-state index contributed by atoms with van der Waals surface area (Å²) in [6.07, 6.45) is -2.76. The molecule has 1 aliphatic rings. The minimum Gasteiger partial charge on any atom is -0.355 e. The number of aryl methyl sites for hydroxylation is 1. The van der Waals surface area contributed by atoms with Gasteiger partial charge in [0.15, 0.2) is 0 Å². The predicted molar refractivity (Wildman–Crippen MR) is 112 cm³/mol. The number of alkyl halides is 3. The summed E-state index contributed by atoms with van der Waals surface area (Å²) >= 11 is 6.02. The zero-order valence-corrected chi connectivity index (χ0v) is 17.6. The van der Waals surface area contributed by atoms with Crippen molar-refractivity contribution < 1.29 is 18.0 Å². The first-order valence-electron chi connectivity index (χ1n) is 9.74. The quantitative estimate of drug-likeness (QED) is 0.754. The van der Waals surface area contributed by atoms with Crippen LogP contribution in [0.4, 0.5) is 24.7 Å². The summed E-state index contributed by atoms with van der Waals surface area (Å²) in [6.45, 7) is 6.30. The maximum absolute atomic E-state index is 12.7. The molecule has 2 heterocycles. The molecule has 1 fully saturated rings. The smallest absolute Gasteiger partial charge is 0.355 e. The molecule has 1 atom stereocenters. The molecule has 2 aromatic rings. The Bertz CT molecular complexity index is 889. The highest BCUT2D eigenvalue weighted by Crippen LogP contribution is 2.29. The molecule has 162 valence electrons. The Hall–Kier alpha value is -2.32. The number of carbonyl (C=O) groups is 1. The van der Waals surface area contributed by atoms with Gasteiger partial charge in [-0.3, -0.25) is 9.69 Å². The van der Waals surface area contributed by atoms with E-state index in [1.807, 2.05) is 24.8 Å². The van der Waals surface area contributed by atoms with Crippen LogP contribution in [0, 0.1) is 6.92 Å². The van der Waals surface area contributed by atoms with Crippen molar-refractivity contribution in [3.63, 3.8) is 0 Å². The number of benzene rings is 1. The van der Waals surface area contributed by atoms with Crippen molar-refractivity contribution in [1.82, 2.24) is 9.88 Å². The molecule has 1 N–H and O–H groups in total. The number of nitrogens with one attached hydrogen (secondary N) is 1.